The number of likely N-dealkylation sites (tertiary alicyclic amines) is 1. The number of benzene rings is 1. The van der Waals surface area contributed by atoms with E-state index < -0.39 is 6.10 Å². The number of β-amino-alcohol motifs (C(OH)–C–C–N with tert-alkyl or cyclic N) is 1. The van der Waals surface area contributed by atoms with Crippen LogP contribution in [0.1, 0.15) is 12.0 Å². The molecule has 1 saturated heterocycles. The Labute approximate surface area is 119 Å². The molecule has 108 valence electrons. The molecule has 0 amide bonds. The van der Waals surface area contributed by atoms with Crippen molar-refractivity contribution in [2.45, 2.75) is 12.5 Å². The van der Waals surface area contributed by atoms with E-state index in [2.05, 4.69) is 4.90 Å². The van der Waals surface area contributed by atoms with Gasteiger partial charge in [-0.15, -0.1) is 0 Å². The molecule has 1 aromatic carbocycles. The Morgan fingerprint density at radius 3 is 2.75 bits per heavy atom. The zero-order valence-electron chi connectivity index (χ0n) is 11.4. The molecule has 5 nitrogen and oxygen atoms in total. The monoisotopic (exact) mass is 276 g/mol. The van der Waals surface area contributed by atoms with E-state index in [0.29, 0.717) is 23.8 Å². The minimum Gasteiger partial charge on any atom is -0.491 e. The van der Waals surface area contributed by atoms with Gasteiger partial charge in [-0.2, -0.15) is 5.26 Å². The van der Waals surface area contributed by atoms with Crippen molar-refractivity contribution in [1.82, 2.24) is 4.90 Å². The second-order valence-corrected chi connectivity index (χ2v) is 5.20. The first-order valence-corrected chi connectivity index (χ1v) is 6.85. The molecule has 1 aliphatic rings. The molecular formula is C15H20N2O3. The van der Waals surface area contributed by atoms with Crippen LogP contribution in [-0.2, 0) is 0 Å². The quantitative estimate of drug-likeness (QED) is 0.796. The van der Waals surface area contributed by atoms with E-state index in [4.69, 9.17) is 15.1 Å². The lowest BCUT2D eigenvalue weighted by Gasteiger charge is -2.20. The van der Waals surface area contributed by atoms with Crippen LogP contribution in [0.3, 0.4) is 0 Å². The molecule has 1 heterocycles. The summed E-state index contributed by atoms with van der Waals surface area (Å²) in [5.41, 5.74) is 0.588. The average molecular weight is 276 g/mol. The van der Waals surface area contributed by atoms with Crippen molar-refractivity contribution >= 4 is 0 Å². The Bertz CT molecular complexity index is 455. The van der Waals surface area contributed by atoms with Crippen LogP contribution in [0.15, 0.2) is 24.3 Å². The van der Waals surface area contributed by atoms with Gasteiger partial charge in [-0.25, -0.2) is 0 Å². The molecular weight excluding hydrogens is 256 g/mol. The molecule has 5 heteroatoms. The molecule has 2 unspecified atom stereocenters. The van der Waals surface area contributed by atoms with Gasteiger partial charge in [-0.05, 0) is 43.1 Å². The van der Waals surface area contributed by atoms with Crippen molar-refractivity contribution in [3.8, 4) is 11.8 Å². The Morgan fingerprint density at radius 2 is 2.15 bits per heavy atom. The Kier molecular flexibility index (Phi) is 5.36. The van der Waals surface area contributed by atoms with Gasteiger partial charge in [0.05, 0.1) is 11.6 Å². The van der Waals surface area contributed by atoms with Gasteiger partial charge in [-0.3, -0.25) is 0 Å². The predicted molar refractivity (Wildman–Crippen MR) is 74.3 cm³/mol. The molecule has 0 radical (unpaired) electrons. The van der Waals surface area contributed by atoms with Gasteiger partial charge < -0.3 is 19.8 Å². The van der Waals surface area contributed by atoms with Gasteiger partial charge >= 0.3 is 0 Å². The minimum absolute atomic E-state index is 0.217. The number of ether oxygens (including phenoxy) is 1. The highest BCUT2D eigenvalue weighted by Gasteiger charge is 2.23. The minimum atomic E-state index is -0.553. The number of nitrogens with zero attached hydrogens (tertiary/aromatic N) is 2. The first-order valence-electron chi connectivity index (χ1n) is 6.85. The molecule has 2 rings (SSSR count). The molecule has 0 spiro atoms. The summed E-state index contributed by atoms with van der Waals surface area (Å²) in [6.07, 6.45) is 0.433. The normalized spacial score (nSPS) is 20.6. The number of nitriles is 1. The summed E-state index contributed by atoms with van der Waals surface area (Å²) in [7, 11) is 0. The summed E-state index contributed by atoms with van der Waals surface area (Å²) in [5, 5.41) is 27.7. The molecule has 1 fully saturated rings. The summed E-state index contributed by atoms with van der Waals surface area (Å²) < 4.78 is 5.50. The van der Waals surface area contributed by atoms with E-state index in [-0.39, 0.29) is 13.2 Å². The third-order valence-corrected chi connectivity index (χ3v) is 3.52. The molecule has 2 N–H and O–H groups in total. The van der Waals surface area contributed by atoms with Gasteiger partial charge in [0.25, 0.3) is 0 Å². The topological polar surface area (TPSA) is 76.7 Å². The van der Waals surface area contributed by atoms with E-state index in [9.17, 15) is 5.11 Å². The Morgan fingerprint density at radius 1 is 1.40 bits per heavy atom. The molecule has 2 atom stereocenters. The summed E-state index contributed by atoms with van der Waals surface area (Å²) in [6, 6.07) is 8.87. The zero-order chi connectivity index (χ0) is 14.4. The SMILES string of the molecule is N#Cc1ccc(OCC(O)CN2CCC(CO)C2)cc1. The van der Waals surface area contributed by atoms with Crippen LogP contribution in [0.25, 0.3) is 0 Å². The largest absolute Gasteiger partial charge is 0.491 e. The van der Waals surface area contributed by atoms with Crippen LogP contribution in [0, 0.1) is 17.2 Å². The first kappa shape index (κ1) is 14.8. The number of aliphatic hydroxyl groups is 2. The van der Waals surface area contributed by atoms with Gasteiger partial charge in [0.15, 0.2) is 0 Å². The number of rotatable bonds is 6. The highest BCUT2D eigenvalue weighted by Crippen LogP contribution is 2.16. The van der Waals surface area contributed by atoms with Crippen molar-refractivity contribution in [3.63, 3.8) is 0 Å². The maximum absolute atomic E-state index is 9.95. The summed E-state index contributed by atoms with van der Waals surface area (Å²) in [4.78, 5) is 2.15. The maximum atomic E-state index is 9.95. The van der Waals surface area contributed by atoms with Gasteiger partial charge in [0.1, 0.15) is 18.5 Å². The molecule has 20 heavy (non-hydrogen) atoms. The highest BCUT2D eigenvalue weighted by molar-refractivity contribution is 5.34. The first-order chi connectivity index (χ1) is 9.71. The molecule has 1 aliphatic heterocycles. The van der Waals surface area contributed by atoms with E-state index in [1.807, 2.05) is 6.07 Å². The van der Waals surface area contributed by atoms with Crippen LogP contribution in [-0.4, -0.2) is 54.1 Å². The van der Waals surface area contributed by atoms with Crippen molar-refractivity contribution in [2.24, 2.45) is 5.92 Å². The average Bonchev–Trinajstić information content (AvgIpc) is 2.93. The van der Waals surface area contributed by atoms with Crippen LogP contribution in [0.4, 0.5) is 0 Å². The molecule has 0 saturated carbocycles. The second-order valence-electron chi connectivity index (χ2n) is 5.20. The van der Waals surface area contributed by atoms with Crippen LogP contribution in [0.5, 0.6) is 5.75 Å². The predicted octanol–water partition coefficient (Wildman–Crippen LogP) is 0.612. The van der Waals surface area contributed by atoms with E-state index in [1.165, 1.54) is 0 Å². The van der Waals surface area contributed by atoms with E-state index in [0.717, 1.165) is 19.5 Å². The Hall–Kier alpha value is -1.61. The third kappa shape index (κ3) is 4.20. The van der Waals surface area contributed by atoms with Crippen molar-refractivity contribution in [3.05, 3.63) is 29.8 Å². The lowest BCUT2D eigenvalue weighted by Crippen LogP contribution is -2.34. The number of hydrogen-bond donors (Lipinski definition) is 2. The van der Waals surface area contributed by atoms with Gasteiger partial charge in [-0.1, -0.05) is 0 Å². The number of aliphatic hydroxyl groups excluding tert-OH is 2. The standard InChI is InChI=1S/C15H20N2O3/c16-7-12-1-3-15(4-2-12)20-11-14(19)9-17-6-5-13(8-17)10-18/h1-4,13-14,18-19H,5-6,8-11H2. The molecule has 0 bridgehead atoms. The van der Waals surface area contributed by atoms with Crippen LogP contribution < -0.4 is 4.74 Å². The highest BCUT2D eigenvalue weighted by atomic mass is 16.5. The molecule has 1 aromatic rings. The zero-order valence-corrected chi connectivity index (χ0v) is 11.4. The lowest BCUT2D eigenvalue weighted by atomic mass is 10.1. The third-order valence-electron chi connectivity index (χ3n) is 3.52. The summed E-state index contributed by atoms with van der Waals surface area (Å²) >= 11 is 0. The summed E-state index contributed by atoms with van der Waals surface area (Å²) in [6.45, 7) is 2.76. The fraction of sp³-hybridized carbons (Fsp3) is 0.533. The molecule has 0 aromatic heterocycles. The van der Waals surface area contributed by atoms with Crippen molar-refractivity contribution in [2.75, 3.05) is 32.8 Å². The van der Waals surface area contributed by atoms with Gasteiger partial charge in [0.2, 0.25) is 0 Å². The second kappa shape index (κ2) is 7.25. The fourth-order valence-electron chi connectivity index (χ4n) is 2.40. The van der Waals surface area contributed by atoms with Crippen molar-refractivity contribution in [1.29, 1.82) is 5.26 Å². The fourth-order valence-corrected chi connectivity index (χ4v) is 2.40. The van der Waals surface area contributed by atoms with Crippen LogP contribution >= 0.6 is 0 Å². The Balaban J connectivity index is 1.72. The maximum Gasteiger partial charge on any atom is 0.119 e. The van der Waals surface area contributed by atoms with E-state index in [1.54, 1.807) is 24.3 Å². The lowest BCUT2D eigenvalue weighted by molar-refractivity contribution is 0.0735. The van der Waals surface area contributed by atoms with E-state index >= 15 is 0 Å². The molecule has 0 aliphatic carbocycles. The van der Waals surface area contributed by atoms with Gasteiger partial charge in [0, 0.05) is 19.7 Å². The number of hydrogen-bond acceptors (Lipinski definition) is 5. The van der Waals surface area contributed by atoms with Crippen LogP contribution in [0.2, 0.25) is 0 Å². The van der Waals surface area contributed by atoms with Crippen molar-refractivity contribution < 1.29 is 14.9 Å². The summed E-state index contributed by atoms with van der Waals surface area (Å²) in [5.74, 6) is 0.986. The smallest absolute Gasteiger partial charge is 0.119 e.